The Morgan fingerprint density at radius 3 is 2.10 bits per heavy atom. The van der Waals surface area contributed by atoms with Crippen LogP contribution in [0.25, 0.3) is 0 Å². The van der Waals surface area contributed by atoms with Crippen LogP contribution in [0.4, 0.5) is 5.69 Å². The summed E-state index contributed by atoms with van der Waals surface area (Å²) in [4.78, 5) is 28.5. The number of ether oxygens (including phenoxy) is 2. The molecule has 0 aliphatic carbocycles. The van der Waals surface area contributed by atoms with Crippen LogP contribution in [0.5, 0.6) is 11.5 Å². The number of sulfonamides is 1. The molecule has 42 heavy (non-hydrogen) atoms. The summed E-state index contributed by atoms with van der Waals surface area (Å²) < 4.78 is 40.7. The minimum absolute atomic E-state index is 0.0734. The van der Waals surface area contributed by atoms with Gasteiger partial charge in [-0.3, -0.25) is 13.9 Å². The van der Waals surface area contributed by atoms with Gasteiger partial charge >= 0.3 is 0 Å². The fraction of sp³-hybridized carbons (Fsp3) is 0.355. The number of amides is 2. The van der Waals surface area contributed by atoms with Crippen LogP contribution in [0.3, 0.4) is 0 Å². The number of rotatable bonds is 13. The van der Waals surface area contributed by atoms with E-state index in [-0.39, 0.29) is 29.0 Å². The molecule has 0 radical (unpaired) electrons. The van der Waals surface area contributed by atoms with Crippen molar-refractivity contribution < 1.29 is 27.5 Å². The van der Waals surface area contributed by atoms with Gasteiger partial charge in [0, 0.05) is 23.6 Å². The normalized spacial score (nSPS) is 12.0. The van der Waals surface area contributed by atoms with E-state index < -0.39 is 28.5 Å². The highest BCUT2D eigenvalue weighted by Crippen LogP contribution is 2.32. The molecule has 1 N–H and O–H groups in total. The van der Waals surface area contributed by atoms with Gasteiger partial charge in [0.05, 0.1) is 24.8 Å². The van der Waals surface area contributed by atoms with Gasteiger partial charge in [0.15, 0.2) is 11.5 Å². The van der Waals surface area contributed by atoms with E-state index in [2.05, 4.69) is 21.2 Å². The van der Waals surface area contributed by atoms with Crippen LogP contribution in [0, 0.1) is 12.8 Å². The summed E-state index contributed by atoms with van der Waals surface area (Å²) in [5.41, 5.74) is 2.03. The Morgan fingerprint density at radius 1 is 0.905 bits per heavy atom. The number of hydrogen-bond donors (Lipinski definition) is 1. The monoisotopic (exact) mass is 659 g/mol. The van der Waals surface area contributed by atoms with E-state index in [9.17, 15) is 18.0 Å². The van der Waals surface area contributed by atoms with E-state index in [4.69, 9.17) is 9.47 Å². The molecule has 0 saturated heterocycles. The third-order valence-corrected chi connectivity index (χ3v) is 8.96. The Kier molecular flexibility index (Phi) is 11.4. The van der Waals surface area contributed by atoms with Gasteiger partial charge in [0.1, 0.15) is 12.6 Å². The Labute approximate surface area is 257 Å². The largest absolute Gasteiger partial charge is 0.493 e. The molecule has 1 atom stereocenters. The molecule has 3 aromatic rings. The summed E-state index contributed by atoms with van der Waals surface area (Å²) in [6, 6.07) is 17.7. The minimum atomic E-state index is -4.26. The summed E-state index contributed by atoms with van der Waals surface area (Å²) in [5.74, 6) is -0.0219. The van der Waals surface area contributed by atoms with Gasteiger partial charge in [0.25, 0.3) is 10.0 Å². The average molecular weight is 661 g/mol. The highest BCUT2D eigenvalue weighted by molar-refractivity contribution is 9.10. The molecule has 3 rings (SSSR count). The van der Waals surface area contributed by atoms with E-state index in [0.717, 1.165) is 19.9 Å². The minimum Gasteiger partial charge on any atom is -0.493 e. The zero-order valence-corrected chi connectivity index (χ0v) is 27.2. The van der Waals surface area contributed by atoms with Crippen molar-refractivity contribution in [2.75, 3.05) is 31.6 Å². The number of carbonyl (C=O) groups excluding carboxylic acids is 2. The second-order valence-electron chi connectivity index (χ2n) is 10.3. The Morgan fingerprint density at radius 2 is 1.52 bits per heavy atom. The summed E-state index contributed by atoms with van der Waals surface area (Å²) in [6.07, 6.45) is 0. The molecule has 0 bridgehead atoms. The topological polar surface area (TPSA) is 105 Å². The van der Waals surface area contributed by atoms with Gasteiger partial charge in [0.2, 0.25) is 11.8 Å². The lowest BCUT2D eigenvalue weighted by Crippen LogP contribution is -2.51. The summed E-state index contributed by atoms with van der Waals surface area (Å²) in [7, 11) is -1.38. The molecule has 226 valence electrons. The van der Waals surface area contributed by atoms with Gasteiger partial charge in [-0.1, -0.05) is 59.6 Å². The molecule has 0 spiro atoms. The van der Waals surface area contributed by atoms with Crippen LogP contribution in [0.1, 0.15) is 31.9 Å². The molecule has 0 aromatic heterocycles. The first kappa shape index (κ1) is 32.9. The van der Waals surface area contributed by atoms with E-state index in [1.807, 2.05) is 45.0 Å². The maximum Gasteiger partial charge on any atom is 0.264 e. The second kappa shape index (κ2) is 14.6. The molecule has 3 aromatic carbocycles. The standard InChI is InChI=1S/C31H38BrN3O6S/c1-21(2)18-33-31(37)23(4)34(19-24-9-11-25(32)12-10-24)30(36)20-35(26-13-7-22(3)8-14-26)42(38,39)27-15-16-28(40-5)29(17-27)41-6/h7-17,21,23H,18-20H2,1-6H3,(H,33,37)/t23-/m1/s1. The maximum absolute atomic E-state index is 14.1. The molecule has 9 nitrogen and oxygen atoms in total. The zero-order valence-electron chi connectivity index (χ0n) is 24.8. The van der Waals surface area contributed by atoms with Crippen LogP contribution >= 0.6 is 15.9 Å². The molecule has 0 unspecified atom stereocenters. The van der Waals surface area contributed by atoms with Crippen molar-refractivity contribution in [2.45, 2.75) is 45.2 Å². The first-order valence-electron chi connectivity index (χ1n) is 13.5. The zero-order chi connectivity index (χ0) is 31.0. The summed E-state index contributed by atoms with van der Waals surface area (Å²) in [6.45, 7) is 7.53. The number of carbonyl (C=O) groups is 2. The van der Waals surface area contributed by atoms with Gasteiger partial charge < -0.3 is 19.7 Å². The Hall–Kier alpha value is -3.57. The first-order chi connectivity index (χ1) is 19.9. The maximum atomic E-state index is 14.1. The molecule has 0 saturated carbocycles. The predicted molar refractivity (Wildman–Crippen MR) is 167 cm³/mol. The number of anilines is 1. The summed E-state index contributed by atoms with van der Waals surface area (Å²) in [5, 5.41) is 2.88. The van der Waals surface area contributed by atoms with Crippen molar-refractivity contribution in [3.63, 3.8) is 0 Å². The molecule has 11 heteroatoms. The SMILES string of the molecule is COc1ccc(S(=O)(=O)N(CC(=O)N(Cc2ccc(Br)cc2)[C@H](C)C(=O)NCC(C)C)c2ccc(C)cc2)cc1OC. The third-order valence-electron chi connectivity index (χ3n) is 6.66. The van der Waals surface area contributed by atoms with Gasteiger partial charge in [-0.15, -0.1) is 0 Å². The second-order valence-corrected chi connectivity index (χ2v) is 13.1. The number of nitrogens with zero attached hydrogens (tertiary/aromatic N) is 2. The van der Waals surface area contributed by atoms with E-state index in [1.165, 1.54) is 37.3 Å². The van der Waals surface area contributed by atoms with Gasteiger partial charge in [-0.25, -0.2) is 8.42 Å². The van der Waals surface area contributed by atoms with Crippen molar-refractivity contribution in [2.24, 2.45) is 5.92 Å². The number of methoxy groups -OCH3 is 2. The number of aryl methyl sites for hydroxylation is 1. The van der Waals surface area contributed by atoms with Crippen molar-refractivity contribution in [1.82, 2.24) is 10.2 Å². The first-order valence-corrected chi connectivity index (χ1v) is 15.7. The van der Waals surface area contributed by atoms with E-state index in [0.29, 0.717) is 18.0 Å². The smallest absolute Gasteiger partial charge is 0.264 e. The van der Waals surface area contributed by atoms with E-state index in [1.54, 1.807) is 31.2 Å². The molecular weight excluding hydrogens is 622 g/mol. The quantitative estimate of drug-likeness (QED) is 0.272. The average Bonchev–Trinajstić information content (AvgIpc) is 2.97. The Bertz CT molecular complexity index is 1480. The van der Waals surface area contributed by atoms with Crippen LogP contribution < -0.4 is 19.1 Å². The third kappa shape index (κ3) is 8.25. The van der Waals surface area contributed by atoms with Crippen molar-refractivity contribution in [1.29, 1.82) is 0 Å². The number of benzene rings is 3. The highest BCUT2D eigenvalue weighted by Gasteiger charge is 2.33. The lowest BCUT2D eigenvalue weighted by molar-refractivity contribution is -0.139. The lowest BCUT2D eigenvalue weighted by Gasteiger charge is -2.32. The molecule has 2 amide bonds. The van der Waals surface area contributed by atoms with Crippen LogP contribution in [-0.2, 0) is 26.2 Å². The molecule has 0 heterocycles. The number of nitrogens with one attached hydrogen (secondary N) is 1. The molecular formula is C31H38BrN3O6S. The van der Waals surface area contributed by atoms with Crippen molar-refractivity contribution in [3.8, 4) is 11.5 Å². The van der Waals surface area contributed by atoms with Crippen LogP contribution in [0.2, 0.25) is 0 Å². The predicted octanol–water partition coefficient (Wildman–Crippen LogP) is 5.16. The Balaban J connectivity index is 2.04. The van der Waals surface area contributed by atoms with Crippen molar-refractivity contribution >= 4 is 43.5 Å². The molecule has 0 fully saturated rings. The van der Waals surface area contributed by atoms with Crippen LogP contribution in [0.15, 0.2) is 76.1 Å². The van der Waals surface area contributed by atoms with Crippen LogP contribution in [-0.4, -0.2) is 58.5 Å². The fourth-order valence-electron chi connectivity index (χ4n) is 4.17. The highest BCUT2D eigenvalue weighted by atomic mass is 79.9. The number of halogens is 1. The van der Waals surface area contributed by atoms with Gasteiger partial charge in [-0.2, -0.15) is 0 Å². The fourth-order valence-corrected chi connectivity index (χ4v) is 5.86. The molecule has 0 aliphatic rings. The summed E-state index contributed by atoms with van der Waals surface area (Å²) >= 11 is 3.42. The molecule has 0 aliphatic heterocycles. The van der Waals surface area contributed by atoms with Gasteiger partial charge in [-0.05, 0) is 61.7 Å². The number of hydrogen-bond acceptors (Lipinski definition) is 6. The van der Waals surface area contributed by atoms with E-state index >= 15 is 0 Å². The lowest BCUT2D eigenvalue weighted by atomic mass is 10.1. The van der Waals surface area contributed by atoms with Crippen molar-refractivity contribution in [3.05, 3.63) is 82.3 Å².